The molecule has 2 rings (SSSR count). The Morgan fingerprint density at radius 2 is 1.67 bits per heavy atom. The minimum atomic E-state index is 0.661. The maximum atomic E-state index is 5.18. The zero-order valence-corrected chi connectivity index (χ0v) is 7.93. The Hall–Kier alpha value is -0.0400. The van der Waals surface area contributed by atoms with E-state index in [9.17, 15) is 0 Å². The highest BCUT2D eigenvalue weighted by Crippen LogP contribution is 2.29. The summed E-state index contributed by atoms with van der Waals surface area (Å²) in [4.78, 5) is 0. The van der Waals surface area contributed by atoms with E-state index >= 15 is 0 Å². The fourth-order valence-corrected chi connectivity index (χ4v) is 2.34. The Balaban J connectivity index is 1.44. The average molecular weight is 168 g/mol. The fourth-order valence-electron chi connectivity index (χ4n) is 2.34. The van der Waals surface area contributed by atoms with Crippen molar-refractivity contribution < 1.29 is 4.74 Å². The number of hydrogen-bond acceptors (Lipinski definition) is 1. The van der Waals surface area contributed by atoms with E-state index in [0.717, 1.165) is 12.5 Å². The molecule has 12 heavy (non-hydrogen) atoms. The van der Waals surface area contributed by atoms with Crippen LogP contribution in [0.4, 0.5) is 0 Å². The summed E-state index contributed by atoms with van der Waals surface area (Å²) in [7, 11) is 0. The van der Waals surface area contributed by atoms with E-state index in [2.05, 4.69) is 0 Å². The first-order valence-electron chi connectivity index (χ1n) is 5.57. The fraction of sp³-hybridized carbons (Fsp3) is 1.00. The molecule has 1 heteroatoms. The predicted molar refractivity (Wildman–Crippen MR) is 50.2 cm³/mol. The Morgan fingerprint density at radius 1 is 1.00 bits per heavy atom. The highest BCUT2D eigenvalue weighted by Gasteiger charge is 2.21. The lowest BCUT2D eigenvalue weighted by Crippen LogP contribution is -1.93. The number of ether oxygens (including phenoxy) is 1. The molecule has 0 amide bonds. The van der Waals surface area contributed by atoms with Gasteiger partial charge in [0.2, 0.25) is 0 Å². The average Bonchev–Trinajstić information content (AvgIpc) is 2.76. The van der Waals surface area contributed by atoms with Crippen LogP contribution in [0.5, 0.6) is 0 Å². The summed E-state index contributed by atoms with van der Waals surface area (Å²) in [5.74, 6) is 1.09. The SMILES string of the molecule is C1CCC(CCCCC2CO2)C1. The van der Waals surface area contributed by atoms with E-state index in [0.29, 0.717) is 6.10 Å². The Morgan fingerprint density at radius 3 is 2.33 bits per heavy atom. The van der Waals surface area contributed by atoms with Crippen molar-refractivity contribution >= 4 is 0 Å². The molecule has 1 saturated carbocycles. The summed E-state index contributed by atoms with van der Waals surface area (Å²) in [5, 5.41) is 0. The zero-order chi connectivity index (χ0) is 8.23. The molecule has 1 atom stereocenters. The van der Waals surface area contributed by atoms with Crippen LogP contribution < -0.4 is 0 Å². The van der Waals surface area contributed by atoms with Crippen molar-refractivity contribution in [2.45, 2.75) is 57.5 Å². The van der Waals surface area contributed by atoms with Crippen LogP contribution in [-0.4, -0.2) is 12.7 Å². The van der Waals surface area contributed by atoms with Crippen LogP contribution >= 0.6 is 0 Å². The van der Waals surface area contributed by atoms with Gasteiger partial charge in [0, 0.05) is 0 Å². The first-order chi connectivity index (χ1) is 5.95. The summed E-state index contributed by atoms with van der Waals surface area (Å²) in [6.45, 7) is 1.05. The molecule has 1 aliphatic heterocycles. The van der Waals surface area contributed by atoms with Gasteiger partial charge in [-0.1, -0.05) is 44.9 Å². The van der Waals surface area contributed by atoms with Crippen LogP contribution in [0.3, 0.4) is 0 Å². The van der Waals surface area contributed by atoms with Gasteiger partial charge in [-0.3, -0.25) is 0 Å². The number of rotatable bonds is 5. The smallest absolute Gasteiger partial charge is 0.0810 e. The van der Waals surface area contributed by atoms with Crippen LogP contribution in [0.25, 0.3) is 0 Å². The molecule has 0 aromatic carbocycles. The summed E-state index contributed by atoms with van der Waals surface area (Å²) >= 11 is 0. The predicted octanol–water partition coefficient (Wildman–Crippen LogP) is 3.14. The molecular weight excluding hydrogens is 148 g/mol. The molecule has 0 spiro atoms. The van der Waals surface area contributed by atoms with Gasteiger partial charge >= 0.3 is 0 Å². The second-order valence-electron chi connectivity index (χ2n) is 4.39. The molecule has 1 unspecified atom stereocenters. The summed E-state index contributed by atoms with van der Waals surface area (Å²) in [6.07, 6.45) is 12.4. The standard InChI is InChI=1S/C11H20O/c1-2-6-10(5-1)7-3-4-8-11-9-12-11/h10-11H,1-9H2. The molecule has 70 valence electrons. The Labute approximate surface area is 75.5 Å². The third-order valence-electron chi connectivity index (χ3n) is 3.27. The maximum Gasteiger partial charge on any atom is 0.0810 e. The lowest BCUT2D eigenvalue weighted by molar-refractivity contribution is 0.381. The van der Waals surface area contributed by atoms with Crippen molar-refractivity contribution in [3.05, 3.63) is 0 Å². The molecule has 0 aromatic heterocycles. The van der Waals surface area contributed by atoms with Gasteiger partial charge in [0.05, 0.1) is 12.7 Å². The maximum absolute atomic E-state index is 5.18. The molecule has 1 heterocycles. The highest BCUT2D eigenvalue weighted by atomic mass is 16.6. The van der Waals surface area contributed by atoms with Gasteiger partial charge in [-0.05, 0) is 12.3 Å². The topological polar surface area (TPSA) is 12.5 Å². The molecule has 0 aromatic rings. The van der Waals surface area contributed by atoms with E-state index in [1.165, 1.54) is 51.4 Å². The van der Waals surface area contributed by atoms with E-state index in [1.807, 2.05) is 0 Å². The van der Waals surface area contributed by atoms with E-state index in [4.69, 9.17) is 4.74 Å². The van der Waals surface area contributed by atoms with Gasteiger partial charge in [0.15, 0.2) is 0 Å². The minimum Gasteiger partial charge on any atom is -0.373 e. The number of epoxide rings is 1. The lowest BCUT2D eigenvalue weighted by Gasteiger charge is -2.06. The van der Waals surface area contributed by atoms with Gasteiger partial charge < -0.3 is 4.74 Å². The molecule has 1 nitrogen and oxygen atoms in total. The molecule has 0 radical (unpaired) electrons. The van der Waals surface area contributed by atoms with Crippen LogP contribution in [0, 0.1) is 5.92 Å². The van der Waals surface area contributed by atoms with Crippen molar-refractivity contribution in [3.63, 3.8) is 0 Å². The quantitative estimate of drug-likeness (QED) is 0.454. The van der Waals surface area contributed by atoms with E-state index in [1.54, 1.807) is 0 Å². The van der Waals surface area contributed by atoms with Gasteiger partial charge in [0.1, 0.15) is 0 Å². The second kappa shape index (κ2) is 4.27. The molecule has 1 aliphatic carbocycles. The van der Waals surface area contributed by atoms with Crippen molar-refractivity contribution in [2.24, 2.45) is 5.92 Å². The van der Waals surface area contributed by atoms with Crippen molar-refractivity contribution in [1.29, 1.82) is 0 Å². The molecule has 1 saturated heterocycles. The first kappa shape index (κ1) is 8.55. The molecule has 0 bridgehead atoms. The first-order valence-corrected chi connectivity index (χ1v) is 5.57. The van der Waals surface area contributed by atoms with Crippen LogP contribution in [-0.2, 0) is 4.74 Å². The largest absolute Gasteiger partial charge is 0.373 e. The molecule has 0 N–H and O–H groups in total. The normalized spacial score (nSPS) is 29.5. The van der Waals surface area contributed by atoms with E-state index in [-0.39, 0.29) is 0 Å². The minimum absolute atomic E-state index is 0.661. The summed E-state index contributed by atoms with van der Waals surface area (Å²) < 4.78 is 5.18. The van der Waals surface area contributed by atoms with Gasteiger partial charge in [0.25, 0.3) is 0 Å². The van der Waals surface area contributed by atoms with Crippen LogP contribution in [0.2, 0.25) is 0 Å². The van der Waals surface area contributed by atoms with Crippen molar-refractivity contribution in [2.75, 3.05) is 6.61 Å². The second-order valence-corrected chi connectivity index (χ2v) is 4.39. The van der Waals surface area contributed by atoms with Crippen molar-refractivity contribution in [3.8, 4) is 0 Å². The monoisotopic (exact) mass is 168 g/mol. The Kier molecular flexibility index (Phi) is 3.04. The summed E-state index contributed by atoms with van der Waals surface area (Å²) in [5.41, 5.74) is 0. The van der Waals surface area contributed by atoms with Gasteiger partial charge in [-0.15, -0.1) is 0 Å². The van der Waals surface area contributed by atoms with Crippen molar-refractivity contribution in [1.82, 2.24) is 0 Å². The molecule has 2 fully saturated rings. The summed E-state index contributed by atoms with van der Waals surface area (Å²) in [6, 6.07) is 0. The van der Waals surface area contributed by atoms with E-state index < -0.39 is 0 Å². The molecular formula is C11H20O. The third kappa shape index (κ3) is 2.78. The van der Waals surface area contributed by atoms with Crippen LogP contribution in [0.15, 0.2) is 0 Å². The highest BCUT2D eigenvalue weighted by molar-refractivity contribution is 4.70. The van der Waals surface area contributed by atoms with Crippen LogP contribution in [0.1, 0.15) is 51.4 Å². The lowest BCUT2D eigenvalue weighted by atomic mass is 9.99. The Bertz CT molecular complexity index is 123. The van der Waals surface area contributed by atoms with Gasteiger partial charge in [-0.2, -0.15) is 0 Å². The molecule has 2 aliphatic rings. The third-order valence-corrected chi connectivity index (χ3v) is 3.27. The number of hydrogen-bond donors (Lipinski definition) is 0. The number of unbranched alkanes of at least 4 members (excludes halogenated alkanes) is 1. The zero-order valence-electron chi connectivity index (χ0n) is 7.93. The van der Waals surface area contributed by atoms with Gasteiger partial charge in [-0.25, -0.2) is 0 Å².